The molecule has 1 N–H and O–H groups in total. The summed E-state index contributed by atoms with van der Waals surface area (Å²) in [7, 11) is 1.52. The van der Waals surface area contributed by atoms with Crippen molar-refractivity contribution in [2.24, 2.45) is 0 Å². The van der Waals surface area contributed by atoms with Crippen LogP contribution in [0.25, 0.3) is 22.3 Å². The van der Waals surface area contributed by atoms with Crippen molar-refractivity contribution in [2.45, 2.75) is 6.54 Å². The fourth-order valence-corrected chi connectivity index (χ4v) is 2.70. The predicted octanol–water partition coefficient (Wildman–Crippen LogP) is 2.05. The lowest BCUT2D eigenvalue weighted by molar-refractivity contribution is 0.0957. The van der Waals surface area contributed by atoms with Crippen LogP contribution in [0.4, 0.5) is 0 Å². The van der Waals surface area contributed by atoms with Crippen LogP contribution in [-0.4, -0.2) is 27.9 Å². The highest BCUT2D eigenvalue weighted by Crippen LogP contribution is 2.21. The molecule has 8 nitrogen and oxygen atoms in total. The SMILES string of the molecule is CNC(=O)c1nn(Cc2cc(-c3ccco3)on2)c(=O)c2ccccc12. The van der Waals surface area contributed by atoms with Crippen LogP contribution in [0, 0.1) is 0 Å². The summed E-state index contributed by atoms with van der Waals surface area (Å²) in [5.74, 6) is 0.616. The van der Waals surface area contributed by atoms with E-state index in [1.165, 1.54) is 18.0 Å². The molecule has 0 atom stereocenters. The number of carbonyl (C=O) groups is 1. The molecule has 0 radical (unpaired) electrons. The quantitative estimate of drug-likeness (QED) is 0.604. The van der Waals surface area contributed by atoms with Gasteiger partial charge in [-0.05, 0) is 18.2 Å². The maximum Gasteiger partial charge on any atom is 0.275 e. The van der Waals surface area contributed by atoms with Gasteiger partial charge in [0.25, 0.3) is 11.5 Å². The molecule has 26 heavy (non-hydrogen) atoms. The summed E-state index contributed by atoms with van der Waals surface area (Å²) < 4.78 is 11.7. The number of fused-ring (bicyclic) bond motifs is 1. The number of hydrogen-bond acceptors (Lipinski definition) is 6. The summed E-state index contributed by atoms with van der Waals surface area (Å²) in [5, 5.41) is 11.6. The minimum absolute atomic E-state index is 0.0673. The molecule has 1 amide bonds. The van der Waals surface area contributed by atoms with Gasteiger partial charge in [-0.25, -0.2) is 4.68 Å². The minimum atomic E-state index is -0.369. The summed E-state index contributed by atoms with van der Waals surface area (Å²) in [5.41, 5.74) is 0.359. The fraction of sp³-hybridized carbons (Fsp3) is 0.111. The third kappa shape index (κ3) is 2.67. The molecular formula is C18H14N4O4. The number of nitrogens with zero attached hydrogens (tertiary/aromatic N) is 3. The van der Waals surface area contributed by atoms with Crippen LogP contribution in [0.1, 0.15) is 16.2 Å². The van der Waals surface area contributed by atoms with E-state index in [2.05, 4.69) is 15.6 Å². The summed E-state index contributed by atoms with van der Waals surface area (Å²) >= 11 is 0. The highest BCUT2D eigenvalue weighted by Gasteiger charge is 2.17. The first-order chi connectivity index (χ1) is 12.7. The van der Waals surface area contributed by atoms with Crippen LogP contribution in [0.5, 0.6) is 0 Å². The number of carbonyl (C=O) groups excluding carboxylic acids is 1. The number of hydrogen-bond donors (Lipinski definition) is 1. The van der Waals surface area contributed by atoms with E-state index in [1.807, 2.05) is 0 Å². The average Bonchev–Trinajstić information content (AvgIpc) is 3.35. The van der Waals surface area contributed by atoms with Crippen molar-refractivity contribution in [1.29, 1.82) is 0 Å². The Morgan fingerprint density at radius 3 is 2.69 bits per heavy atom. The number of rotatable bonds is 4. The van der Waals surface area contributed by atoms with Gasteiger partial charge in [-0.1, -0.05) is 23.4 Å². The molecule has 3 heterocycles. The normalized spacial score (nSPS) is 11.0. The van der Waals surface area contributed by atoms with E-state index in [1.54, 1.807) is 42.5 Å². The van der Waals surface area contributed by atoms with Gasteiger partial charge in [-0.15, -0.1) is 0 Å². The van der Waals surface area contributed by atoms with Gasteiger partial charge < -0.3 is 14.3 Å². The number of aromatic nitrogens is 3. The zero-order valence-corrected chi connectivity index (χ0v) is 13.8. The summed E-state index contributed by atoms with van der Waals surface area (Å²) in [6.07, 6.45) is 1.53. The van der Waals surface area contributed by atoms with Gasteiger partial charge in [0.1, 0.15) is 5.69 Å². The first-order valence-corrected chi connectivity index (χ1v) is 7.89. The summed E-state index contributed by atoms with van der Waals surface area (Å²) in [6.45, 7) is 0.0673. The number of benzene rings is 1. The molecule has 0 unspecified atom stereocenters. The molecule has 1 aromatic carbocycles. The van der Waals surface area contributed by atoms with Gasteiger partial charge in [0.05, 0.1) is 18.2 Å². The van der Waals surface area contributed by atoms with Crippen LogP contribution in [-0.2, 0) is 6.54 Å². The van der Waals surface area contributed by atoms with Gasteiger partial charge in [-0.3, -0.25) is 9.59 Å². The molecule has 3 aromatic heterocycles. The molecule has 0 spiro atoms. The molecule has 4 rings (SSSR count). The molecule has 4 aromatic rings. The van der Waals surface area contributed by atoms with Gasteiger partial charge in [-0.2, -0.15) is 5.10 Å². The zero-order valence-electron chi connectivity index (χ0n) is 13.8. The lowest BCUT2D eigenvalue weighted by atomic mass is 10.1. The Kier molecular flexibility index (Phi) is 3.85. The van der Waals surface area contributed by atoms with Crippen molar-refractivity contribution in [2.75, 3.05) is 7.05 Å². The minimum Gasteiger partial charge on any atom is -0.461 e. The predicted molar refractivity (Wildman–Crippen MR) is 92.7 cm³/mol. The lowest BCUT2D eigenvalue weighted by Crippen LogP contribution is -2.29. The number of furan rings is 1. The first-order valence-electron chi connectivity index (χ1n) is 7.89. The van der Waals surface area contributed by atoms with E-state index in [-0.39, 0.29) is 23.7 Å². The van der Waals surface area contributed by atoms with E-state index < -0.39 is 0 Å². The standard InChI is InChI=1S/C18H14N4O4/c1-19-17(23)16-12-5-2-3-6-13(12)18(24)22(20-16)10-11-9-15(26-21-11)14-7-4-8-25-14/h2-9H,10H2,1H3,(H,19,23). The topological polar surface area (TPSA) is 103 Å². The Morgan fingerprint density at radius 1 is 1.15 bits per heavy atom. The van der Waals surface area contributed by atoms with Crippen molar-refractivity contribution in [1.82, 2.24) is 20.3 Å². The second-order valence-electron chi connectivity index (χ2n) is 5.60. The van der Waals surface area contributed by atoms with Crippen molar-refractivity contribution >= 4 is 16.7 Å². The van der Waals surface area contributed by atoms with Gasteiger partial charge in [0.15, 0.2) is 11.5 Å². The smallest absolute Gasteiger partial charge is 0.275 e. The van der Waals surface area contributed by atoms with Gasteiger partial charge in [0.2, 0.25) is 5.76 Å². The Bertz CT molecular complexity index is 1140. The maximum absolute atomic E-state index is 12.7. The van der Waals surface area contributed by atoms with Crippen LogP contribution < -0.4 is 10.9 Å². The average molecular weight is 350 g/mol. The molecule has 0 fully saturated rings. The van der Waals surface area contributed by atoms with E-state index in [0.29, 0.717) is 28.0 Å². The third-order valence-electron chi connectivity index (χ3n) is 3.94. The molecular weight excluding hydrogens is 336 g/mol. The molecule has 0 aliphatic rings. The summed E-state index contributed by atoms with van der Waals surface area (Å²) in [4.78, 5) is 24.9. The Hall–Kier alpha value is -3.68. The monoisotopic (exact) mass is 350 g/mol. The highest BCUT2D eigenvalue weighted by atomic mass is 16.5. The van der Waals surface area contributed by atoms with E-state index in [4.69, 9.17) is 8.94 Å². The molecule has 130 valence electrons. The fourth-order valence-electron chi connectivity index (χ4n) is 2.70. The van der Waals surface area contributed by atoms with Gasteiger partial charge >= 0.3 is 0 Å². The Balaban J connectivity index is 1.78. The third-order valence-corrected chi connectivity index (χ3v) is 3.94. The van der Waals surface area contributed by atoms with E-state index >= 15 is 0 Å². The van der Waals surface area contributed by atoms with Crippen LogP contribution in [0.3, 0.4) is 0 Å². The van der Waals surface area contributed by atoms with Crippen molar-refractivity contribution in [3.8, 4) is 11.5 Å². The van der Waals surface area contributed by atoms with Crippen LogP contribution in [0.15, 0.2) is 62.5 Å². The van der Waals surface area contributed by atoms with Crippen molar-refractivity contribution in [3.05, 3.63) is 70.5 Å². The van der Waals surface area contributed by atoms with E-state index in [0.717, 1.165) is 0 Å². The molecule has 0 saturated carbocycles. The zero-order chi connectivity index (χ0) is 18.1. The molecule has 0 saturated heterocycles. The Morgan fingerprint density at radius 2 is 1.96 bits per heavy atom. The highest BCUT2D eigenvalue weighted by molar-refractivity contribution is 6.04. The van der Waals surface area contributed by atoms with Crippen molar-refractivity contribution < 1.29 is 13.7 Å². The molecule has 0 aliphatic heterocycles. The van der Waals surface area contributed by atoms with Crippen LogP contribution >= 0.6 is 0 Å². The number of nitrogens with one attached hydrogen (secondary N) is 1. The Labute approximate surface area is 147 Å². The lowest BCUT2D eigenvalue weighted by Gasteiger charge is -2.09. The molecule has 8 heteroatoms. The first kappa shape index (κ1) is 15.8. The molecule has 0 aliphatic carbocycles. The number of amides is 1. The van der Waals surface area contributed by atoms with E-state index in [9.17, 15) is 9.59 Å². The molecule has 0 bridgehead atoms. The maximum atomic E-state index is 12.7. The second-order valence-corrected chi connectivity index (χ2v) is 5.60. The van der Waals surface area contributed by atoms with Gasteiger partial charge in [0, 0.05) is 18.5 Å². The van der Waals surface area contributed by atoms with Crippen LogP contribution in [0.2, 0.25) is 0 Å². The van der Waals surface area contributed by atoms with Crippen molar-refractivity contribution in [3.63, 3.8) is 0 Å². The second kappa shape index (κ2) is 6.32. The summed E-state index contributed by atoms with van der Waals surface area (Å²) in [6, 6.07) is 12.0. The largest absolute Gasteiger partial charge is 0.461 e.